The molecule has 1 aromatic heterocycles. The summed E-state index contributed by atoms with van der Waals surface area (Å²) in [6.07, 6.45) is 5.00. The lowest BCUT2D eigenvalue weighted by Gasteiger charge is -2.25. The first-order valence-corrected chi connectivity index (χ1v) is 7.11. The highest BCUT2D eigenvalue weighted by atomic mass is 79.9. The molecule has 4 heteroatoms. The van der Waals surface area contributed by atoms with Crippen LogP contribution in [0.3, 0.4) is 0 Å². The van der Waals surface area contributed by atoms with E-state index in [-0.39, 0.29) is 6.04 Å². The van der Waals surface area contributed by atoms with E-state index in [1.54, 1.807) is 11.3 Å². The summed E-state index contributed by atoms with van der Waals surface area (Å²) < 4.78 is 1.17. The average molecular weight is 289 g/mol. The second-order valence-electron chi connectivity index (χ2n) is 4.13. The number of nitrogens with one attached hydrogen (secondary N) is 1. The van der Waals surface area contributed by atoms with Gasteiger partial charge in [0, 0.05) is 17.0 Å². The summed E-state index contributed by atoms with van der Waals surface area (Å²) in [4.78, 5) is 1.29. The summed E-state index contributed by atoms with van der Waals surface area (Å²) in [6.45, 7) is 1.16. The smallest absolute Gasteiger partial charge is 0.0701 e. The molecule has 3 N–H and O–H groups in total. The Kier molecular flexibility index (Phi) is 4.20. The standard InChI is InChI=1S/C11H17BrN2S/c12-11-5-4-10(15-11)9(13)7-8-3-1-2-6-14-8/h4-5,8-9,14H,1-3,6-7,13H2. The first kappa shape index (κ1) is 11.6. The van der Waals surface area contributed by atoms with E-state index in [4.69, 9.17) is 5.73 Å². The maximum atomic E-state index is 6.19. The van der Waals surface area contributed by atoms with Gasteiger partial charge in [-0.25, -0.2) is 0 Å². The lowest BCUT2D eigenvalue weighted by molar-refractivity contribution is 0.363. The van der Waals surface area contributed by atoms with Crippen LogP contribution >= 0.6 is 27.3 Å². The van der Waals surface area contributed by atoms with Crippen molar-refractivity contribution in [2.45, 2.75) is 37.8 Å². The molecule has 1 saturated heterocycles. The number of halogens is 1. The molecule has 15 heavy (non-hydrogen) atoms. The third-order valence-corrected chi connectivity index (χ3v) is 4.67. The van der Waals surface area contributed by atoms with Gasteiger partial charge in [-0.05, 0) is 53.9 Å². The van der Waals surface area contributed by atoms with Gasteiger partial charge < -0.3 is 11.1 Å². The van der Waals surface area contributed by atoms with Crippen LogP contribution in [0, 0.1) is 0 Å². The molecule has 1 fully saturated rings. The molecule has 0 saturated carbocycles. The fraction of sp³-hybridized carbons (Fsp3) is 0.636. The number of nitrogens with two attached hydrogens (primary N) is 1. The first-order valence-electron chi connectivity index (χ1n) is 5.50. The van der Waals surface area contributed by atoms with Crippen molar-refractivity contribution in [3.8, 4) is 0 Å². The first-order chi connectivity index (χ1) is 7.25. The van der Waals surface area contributed by atoms with E-state index in [0.29, 0.717) is 6.04 Å². The third-order valence-electron chi connectivity index (χ3n) is 2.91. The fourth-order valence-corrected chi connectivity index (χ4v) is 3.51. The van der Waals surface area contributed by atoms with Crippen LogP contribution in [0.4, 0.5) is 0 Å². The van der Waals surface area contributed by atoms with Gasteiger partial charge in [-0.2, -0.15) is 0 Å². The molecular weight excluding hydrogens is 272 g/mol. The van der Waals surface area contributed by atoms with Gasteiger partial charge in [-0.1, -0.05) is 6.42 Å². The van der Waals surface area contributed by atoms with Crippen molar-refractivity contribution in [3.63, 3.8) is 0 Å². The van der Waals surface area contributed by atoms with Crippen LogP contribution in [0.25, 0.3) is 0 Å². The van der Waals surface area contributed by atoms with E-state index in [1.807, 2.05) is 0 Å². The van der Waals surface area contributed by atoms with Crippen LogP contribution in [0.1, 0.15) is 36.6 Å². The molecule has 0 spiro atoms. The molecule has 1 aliphatic rings. The maximum absolute atomic E-state index is 6.19. The molecule has 0 aromatic carbocycles. The van der Waals surface area contributed by atoms with E-state index in [2.05, 4.69) is 33.4 Å². The lowest BCUT2D eigenvalue weighted by atomic mass is 9.98. The summed E-state index contributed by atoms with van der Waals surface area (Å²) >= 11 is 5.22. The van der Waals surface area contributed by atoms with Crippen molar-refractivity contribution >= 4 is 27.3 Å². The molecule has 0 bridgehead atoms. The van der Waals surface area contributed by atoms with E-state index in [9.17, 15) is 0 Å². The summed E-state index contributed by atoms with van der Waals surface area (Å²) in [5.41, 5.74) is 6.19. The highest BCUT2D eigenvalue weighted by molar-refractivity contribution is 9.11. The summed E-state index contributed by atoms with van der Waals surface area (Å²) in [5, 5.41) is 3.54. The molecule has 84 valence electrons. The van der Waals surface area contributed by atoms with E-state index in [0.717, 1.165) is 13.0 Å². The second-order valence-corrected chi connectivity index (χ2v) is 6.63. The predicted molar refractivity (Wildman–Crippen MR) is 69.2 cm³/mol. The second kappa shape index (κ2) is 5.43. The van der Waals surface area contributed by atoms with Gasteiger partial charge in [0.05, 0.1) is 3.79 Å². The van der Waals surface area contributed by atoms with Crippen LogP contribution in [0.15, 0.2) is 15.9 Å². The molecule has 2 atom stereocenters. The Balaban J connectivity index is 1.88. The molecule has 0 aliphatic carbocycles. The van der Waals surface area contributed by atoms with E-state index in [1.165, 1.54) is 27.9 Å². The number of piperidine rings is 1. The van der Waals surface area contributed by atoms with Crippen molar-refractivity contribution in [2.75, 3.05) is 6.54 Å². The molecule has 0 radical (unpaired) electrons. The minimum Gasteiger partial charge on any atom is -0.323 e. The third kappa shape index (κ3) is 3.28. The van der Waals surface area contributed by atoms with E-state index < -0.39 is 0 Å². The van der Waals surface area contributed by atoms with Crippen LogP contribution in [0.5, 0.6) is 0 Å². The molecule has 2 unspecified atom stereocenters. The number of rotatable bonds is 3. The van der Waals surface area contributed by atoms with Crippen molar-refractivity contribution in [2.24, 2.45) is 5.73 Å². The summed E-state index contributed by atoms with van der Waals surface area (Å²) in [5.74, 6) is 0. The number of hydrogen-bond acceptors (Lipinski definition) is 3. The molecule has 2 nitrogen and oxygen atoms in total. The SMILES string of the molecule is NC(CC1CCCCN1)c1ccc(Br)s1. The zero-order valence-electron chi connectivity index (χ0n) is 8.71. The number of thiophene rings is 1. The minimum atomic E-state index is 0.192. The van der Waals surface area contributed by atoms with Crippen molar-refractivity contribution in [1.82, 2.24) is 5.32 Å². The maximum Gasteiger partial charge on any atom is 0.0701 e. The van der Waals surface area contributed by atoms with Crippen molar-refractivity contribution in [3.05, 3.63) is 20.8 Å². The van der Waals surface area contributed by atoms with Crippen molar-refractivity contribution < 1.29 is 0 Å². The van der Waals surface area contributed by atoms with Gasteiger partial charge in [0.15, 0.2) is 0 Å². The lowest BCUT2D eigenvalue weighted by Crippen LogP contribution is -2.36. The largest absolute Gasteiger partial charge is 0.323 e. The molecule has 1 aliphatic heterocycles. The predicted octanol–water partition coefficient (Wildman–Crippen LogP) is 3.04. The van der Waals surface area contributed by atoms with Gasteiger partial charge in [-0.3, -0.25) is 0 Å². The zero-order chi connectivity index (χ0) is 10.7. The zero-order valence-corrected chi connectivity index (χ0v) is 11.1. The van der Waals surface area contributed by atoms with Gasteiger partial charge in [0.2, 0.25) is 0 Å². The fourth-order valence-electron chi connectivity index (χ4n) is 2.08. The Morgan fingerprint density at radius 1 is 1.53 bits per heavy atom. The molecule has 2 rings (SSSR count). The Morgan fingerprint density at radius 2 is 2.40 bits per heavy atom. The Labute approximate surface area is 103 Å². The molecule has 2 heterocycles. The normalized spacial score (nSPS) is 24.0. The topological polar surface area (TPSA) is 38.0 Å². The summed E-state index contributed by atoms with van der Waals surface area (Å²) in [6, 6.07) is 5.02. The van der Waals surface area contributed by atoms with Crippen LogP contribution in [0.2, 0.25) is 0 Å². The van der Waals surface area contributed by atoms with Gasteiger partial charge in [0.25, 0.3) is 0 Å². The minimum absolute atomic E-state index is 0.192. The highest BCUT2D eigenvalue weighted by Gasteiger charge is 2.17. The quantitative estimate of drug-likeness (QED) is 0.897. The monoisotopic (exact) mass is 288 g/mol. The summed E-state index contributed by atoms with van der Waals surface area (Å²) in [7, 11) is 0. The van der Waals surface area contributed by atoms with Gasteiger partial charge >= 0.3 is 0 Å². The molecule has 1 aromatic rings. The average Bonchev–Trinajstić information content (AvgIpc) is 2.66. The van der Waals surface area contributed by atoms with E-state index >= 15 is 0 Å². The van der Waals surface area contributed by atoms with Gasteiger partial charge in [-0.15, -0.1) is 11.3 Å². The van der Waals surface area contributed by atoms with Crippen LogP contribution in [-0.2, 0) is 0 Å². The molecule has 0 amide bonds. The van der Waals surface area contributed by atoms with Gasteiger partial charge in [0.1, 0.15) is 0 Å². The highest BCUT2D eigenvalue weighted by Crippen LogP contribution is 2.29. The molecular formula is C11H17BrN2S. The van der Waals surface area contributed by atoms with Crippen LogP contribution < -0.4 is 11.1 Å². The Morgan fingerprint density at radius 3 is 3.00 bits per heavy atom. The van der Waals surface area contributed by atoms with Crippen LogP contribution in [-0.4, -0.2) is 12.6 Å². The van der Waals surface area contributed by atoms with Crippen molar-refractivity contribution in [1.29, 1.82) is 0 Å². The Hall–Kier alpha value is 0.1000. The Bertz CT molecular complexity index is 307. The number of hydrogen-bond donors (Lipinski definition) is 2.